The number of rotatable bonds is 3. The van der Waals surface area contributed by atoms with Gasteiger partial charge in [0.25, 0.3) is 0 Å². The molecule has 1 atom stereocenters. The van der Waals surface area contributed by atoms with Gasteiger partial charge in [-0.3, -0.25) is 0 Å². The first kappa shape index (κ1) is 12.4. The van der Waals surface area contributed by atoms with Gasteiger partial charge in [0, 0.05) is 5.56 Å². The fraction of sp³-hybridized carbons (Fsp3) is 0.400. The smallest absolute Gasteiger partial charge is 0.138 e. The minimum atomic E-state index is -0.646. The molecule has 84 valence electrons. The average Bonchev–Trinajstić information content (AvgIpc) is 2.21. The minimum Gasteiger partial charge on any atom is -0.495 e. The third-order valence-electron chi connectivity index (χ3n) is 2.25. The standard InChI is InChI=1S/C10H13BrFNO2/c1-5-7(12)3-6(11)10(15-2)9(5)8(13)4-14/h3,8,14H,4,13H2,1-2H3. The Morgan fingerprint density at radius 3 is 2.73 bits per heavy atom. The molecule has 0 saturated heterocycles. The van der Waals surface area contributed by atoms with E-state index in [0.29, 0.717) is 21.3 Å². The molecule has 1 unspecified atom stereocenters. The van der Waals surface area contributed by atoms with E-state index >= 15 is 0 Å². The van der Waals surface area contributed by atoms with Crippen LogP contribution in [-0.2, 0) is 0 Å². The summed E-state index contributed by atoms with van der Waals surface area (Å²) >= 11 is 3.19. The van der Waals surface area contributed by atoms with Crippen molar-refractivity contribution >= 4 is 15.9 Å². The van der Waals surface area contributed by atoms with Crippen molar-refractivity contribution in [2.75, 3.05) is 13.7 Å². The zero-order chi connectivity index (χ0) is 11.6. The van der Waals surface area contributed by atoms with Gasteiger partial charge in [0.2, 0.25) is 0 Å². The van der Waals surface area contributed by atoms with Gasteiger partial charge >= 0.3 is 0 Å². The molecule has 1 aromatic carbocycles. The lowest BCUT2D eigenvalue weighted by atomic mass is 10.0. The summed E-state index contributed by atoms with van der Waals surface area (Å²) in [5, 5.41) is 9.00. The van der Waals surface area contributed by atoms with Crippen molar-refractivity contribution in [2.45, 2.75) is 13.0 Å². The van der Waals surface area contributed by atoms with E-state index in [9.17, 15) is 4.39 Å². The normalized spacial score (nSPS) is 12.7. The summed E-state index contributed by atoms with van der Waals surface area (Å²) in [6, 6.07) is 0.675. The van der Waals surface area contributed by atoms with Crippen LogP contribution in [-0.4, -0.2) is 18.8 Å². The molecule has 0 saturated carbocycles. The van der Waals surface area contributed by atoms with E-state index in [2.05, 4.69) is 15.9 Å². The maximum atomic E-state index is 13.4. The third-order valence-corrected chi connectivity index (χ3v) is 2.84. The summed E-state index contributed by atoms with van der Waals surface area (Å²) in [7, 11) is 1.48. The van der Waals surface area contributed by atoms with Crippen molar-refractivity contribution in [3.63, 3.8) is 0 Å². The van der Waals surface area contributed by atoms with Gasteiger partial charge in [0.1, 0.15) is 11.6 Å². The Labute approximate surface area is 96.2 Å². The van der Waals surface area contributed by atoms with Gasteiger partial charge in [-0.2, -0.15) is 0 Å². The Morgan fingerprint density at radius 2 is 2.27 bits per heavy atom. The van der Waals surface area contributed by atoms with Gasteiger partial charge in [0.05, 0.1) is 24.2 Å². The second-order valence-corrected chi connectivity index (χ2v) is 4.06. The molecule has 0 fully saturated rings. The fourth-order valence-electron chi connectivity index (χ4n) is 1.46. The number of methoxy groups -OCH3 is 1. The zero-order valence-corrected chi connectivity index (χ0v) is 10.1. The first-order valence-electron chi connectivity index (χ1n) is 4.41. The van der Waals surface area contributed by atoms with Crippen LogP contribution >= 0.6 is 15.9 Å². The number of hydrogen-bond donors (Lipinski definition) is 2. The van der Waals surface area contributed by atoms with Crippen molar-refractivity contribution < 1.29 is 14.2 Å². The Balaban J connectivity index is 3.43. The van der Waals surface area contributed by atoms with Crippen LogP contribution in [0.15, 0.2) is 10.5 Å². The van der Waals surface area contributed by atoms with E-state index in [4.69, 9.17) is 15.6 Å². The van der Waals surface area contributed by atoms with E-state index in [-0.39, 0.29) is 12.4 Å². The van der Waals surface area contributed by atoms with E-state index < -0.39 is 6.04 Å². The molecular formula is C10H13BrFNO2. The zero-order valence-electron chi connectivity index (χ0n) is 8.55. The molecule has 0 aliphatic rings. The lowest BCUT2D eigenvalue weighted by Gasteiger charge is -2.18. The van der Waals surface area contributed by atoms with Crippen LogP contribution in [0.1, 0.15) is 17.2 Å². The maximum absolute atomic E-state index is 13.4. The van der Waals surface area contributed by atoms with Crippen molar-refractivity contribution in [1.82, 2.24) is 0 Å². The molecule has 15 heavy (non-hydrogen) atoms. The summed E-state index contributed by atoms with van der Waals surface area (Å²) < 4.78 is 19.1. The highest BCUT2D eigenvalue weighted by Crippen LogP contribution is 2.36. The topological polar surface area (TPSA) is 55.5 Å². The molecule has 1 rings (SSSR count). The van der Waals surface area contributed by atoms with Gasteiger partial charge < -0.3 is 15.6 Å². The average molecular weight is 278 g/mol. The SMILES string of the molecule is COc1c(Br)cc(F)c(C)c1C(N)CO. The molecular weight excluding hydrogens is 265 g/mol. The molecule has 0 amide bonds. The molecule has 0 radical (unpaired) electrons. The summed E-state index contributed by atoms with van der Waals surface area (Å²) in [6.45, 7) is 1.35. The van der Waals surface area contributed by atoms with Crippen molar-refractivity contribution in [3.8, 4) is 5.75 Å². The number of benzene rings is 1. The predicted octanol–water partition coefficient (Wildman–Crippen LogP) is 1.90. The highest BCUT2D eigenvalue weighted by Gasteiger charge is 2.19. The first-order chi connectivity index (χ1) is 7.02. The highest BCUT2D eigenvalue weighted by molar-refractivity contribution is 9.10. The van der Waals surface area contributed by atoms with Crippen molar-refractivity contribution in [3.05, 3.63) is 27.5 Å². The Bertz CT molecular complexity index is 371. The molecule has 3 N–H and O–H groups in total. The minimum absolute atomic E-state index is 0.257. The molecule has 0 heterocycles. The molecule has 0 aliphatic carbocycles. The number of hydrogen-bond acceptors (Lipinski definition) is 3. The largest absolute Gasteiger partial charge is 0.495 e. The lowest BCUT2D eigenvalue weighted by molar-refractivity contribution is 0.263. The van der Waals surface area contributed by atoms with E-state index in [1.807, 2.05) is 0 Å². The summed E-state index contributed by atoms with van der Waals surface area (Å²) in [5.41, 5.74) is 6.58. The van der Waals surface area contributed by atoms with Crippen LogP contribution in [0, 0.1) is 12.7 Å². The summed E-state index contributed by atoms with van der Waals surface area (Å²) in [5.74, 6) is 0.0945. The van der Waals surface area contributed by atoms with Crippen LogP contribution < -0.4 is 10.5 Å². The summed E-state index contributed by atoms with van der Waals surface area (Å²) in [4.78, 5) is 0. The van der Waals surface area contributed by atoms with Crippen molar-refractivity contribution in [1.29, 1.82) is 0 Å². The Morgan fingerprint density at radius 1 is 1.67 bits per heavy atom. The number of halogens is 2. The van der Waals surface area contributed by atoms with Crippen LogP contribution in [0.2, 0.25) is 0 Å². The molecule has 3 nitrogen and oxygen atoms in total. The highest BCUT2D eigenvalue weighted by atomic mass is 79.9. The van der Waals surface area contributed by atoms with Gasteiger partial charge in [-0.1, -0.05) is 0 Å². The molecule has 0 bridgehead atoms. The molecule has 0 aromatic heterocycles. The monoisotopic (exact) mass is 277 g/mol. The van der Waals surface area contributed by atoms with Crippen LogP contribution in [0.25, 0.3) is 0 Å². The first-order valence-corrected chi connectivity index (χ1v) is 5.21. The van der Waals surface area contributed by atoms with Gasteiger partial charge in [-0.25, -0.2) is 4.39 Å². The van der Waals surface area contributed by atoms with Gasteiger partial charge in [-0.15, -0.1) is 0 Å². The number of nitrogens with two attached hydrogens (primary N) is 1. The second-order valence-electron chi connectivity index (χ2n) is 3.20. The Kier molecular flexibility index (Phi) is 4.07. The van der Waals surface area contributed by atoms with Gasteiger partial charge in [-0.05, 0) is 34.5 Å². The van der Waals surface area contributed by atoms with E-state index in [0.717, 1.165) is 0 Å². The van der Waals surface area contributed by atoms with Crippen LogP contribution in [0.4, 0.5) is 4.39 Å². The van der Waals surface area contributed by atoms with E-state index in [1.54, 1.807) is 6.92 Å². The lowest BCUT2D eigenvalue weighted by Crippen LogP contribution is -2.17. The van der Waals surface area contributed by atoms with Gasteiger partial charge in [0.15, 0.2) is 0 Å². The second kappa shape index (κ2) is 4.92. The molecule has 0 spiro atoms. The number of ether oxygens (including phenoxy) is 1. The molecule has 5 heteroatoms. The third kappa shape index (κ3) is 2.30. The Hall–Kier alpha value is -0.650. The van der Waals surface area contributed by atoms with E-state index in [1.165, 1.54) is 13.2 Å². The fourth-order valence-corrected chi connectivity index (χ4v) is 2.03. The van der Waals surface area contributed by atoms with Crippen LogP contribution in [0.3, 0.4) is 0 Å². The van der Waals surface area contributed by atoms with Crippen molar-refractivity contribution in [2.24, 2.45) is 5.73 Å². The number of aliphatic hydroxyl groups excluding tert-OH is 1. The predicted molar refractivity (Wildman–Crippen MR) is 59.4 cm³/mol. The van der Waals surface area contributed by atoms with Crippen LogP contribution in [0.5, 0.6) is 5.75 Å². The quantitative estimate of drug-likeness (QED) is 0.887. The molecule has 0 aliphatic heterocycles. The maximum Gasteiger partial charge on any atom is 0.138 e. The number of aliphatic hydroxyl groups is 1. The molecule has 1 aromatic rings. The summed E-state index contributed by atoms with van der Waals surface area (Å²) in [6.07, 6.45) is 0.